The average molecular weight is 360 g/mol. The van der Waals surface area contributed by atoms with Crippen molar-refractivity contribution in [3.63, 3.8) is 0 Å². The van der Waals surface area contributed by atoms with E-state index in [-0.39, 0.29) is 29.6 Å². The van der Waals surface area contributed by atoms with Gasteiger partial charge in [-0.05, 0) is 37.1 Å². The fourth-order valence-corrected chi connectivity index (χ4v) is 6.29. The smallest absolute Gasteiger partial charge is 0.243 e. The first kappa shape index (κ1) is 16.5. The first-order valence-corrected chi connectivity index (χ1v) is 9.94. The van der Waals surface area contributed by atoms with Crippen LogP contribution in [0.1, 0.15) is 12.8 Å². The largest absolute Gasteiger partial charge is 0.328 e. The van der Waals surface area contributed by atoms with Crippen molar-refractivity contribution in [3.8, 4) is 0 Å². The molecule has 3 rings (SSSR count). The van der Waals surface area contributed by atoms with Crippen LogP contribution in [0.3, 0.4) is 0 Å². The molecule has 2 heterocycles. The molecule has 1 aromatic carbocycles. The molecule has 2 aliphatic rings. The van der Waals surface area contributed by atoms with Crippen molar-refractivity contribution >= 4 is 26.7 Å². The van der Waals surface area contributed by atoms with E-state index in [9.17, 15) is 21.8 Å². The third kappa shape index (κ3) is 2.60. The second-order valence-corrected chi connectivity index (χ2v) is 9.42. The van der Waals surface area contributed by atoms with Gasteiger partial charge >= 0.3 is 0 Å². The van der Waals surface area contributed by atoms with Crippen LogP contribution in [0, 0.1) is 5.82 Å². The summed E-state index contributed by atoms with van der Waals surface area (Å²) in [4.78, 5) is 12.5. The molecule has 2 saturated heterocycles. The topological polar surface area (TPSA) is 74.8 Å². The van der Waals surface area contributed by atoms with E-state index in [1.54, 1.807) is 7.05 Å². The molecule has 0 aromatic heterocycles. The van der Waals surface area contributed by atoms with Gasteiger partial charge in [0, 0.05) is 20.1 Å². The Kier molecular flexibility index (Phi) is 4.06. The van der Waals surface area contributed by atoms with Crippen LogP contribution >= 0.6 is 0 Å². The Morgan fingerprint density at radius 2 is 1.74 bits per heavy atom. The SMILES string of the molecule is CN1C(=O)CS(=O)C12CCN(S(=O)(=O)c1ccc(F)cc1)CC2. The van der Waals surface area contributed by atoms with Crippen LogP contribution in [0.15, 0.2) is 29.2 Å². The summed E-state index contributed by atoms with van der Waals surface area (Å²) < 4.78 is 51.7. The molecule has 1 atom stereocenters. The highest BCUT2D eigenvalue weighted by Crippen LogP contribution is 2.37. The Labute approximate surface area is 136 Å². The summed E-state index contributed by atoms with van der Waals surface area (Å²) in [6.45, 7) is 0.367. The van der Waals surface area contributed by atoms with E-state index in [0.29, 0.717) is 12.8 Å². The Bertz CT molecular complexity index is 755. The number of carbonyl (C=O) groups excluding carboxylic acids is 1. The average Bonchev–Trinajstić information content (AvgIpc) is 2.72. The van der Waals surface area contributed by atoms with E-state index in [2.05, 4.69) is 0 Å². The molecule has 0 bridgehead atoms. The first-order chi connectivity index (χ1) is 10.8. The highest BCUT2D eigenvalue weighted by molar-refractivity contribution is 7.89. The summed E-state index contributed by atoms with van der Waals surface area (Å²) >= 11 is 0. The van der Waals surface area contributed by atoms with E-state index in [4.69, 9.17) is 0 Å². The third-order valence-corrected chi connectivity index (χ3v) is 8.57. The van der Waals surface area contributed by atoms with Crippen molar-refractivity contribution < 1.29 is 21.8 Å². The van der Waals surface area contributed by atoms with Crippen LogP contribution in [0.2, 0.25) is 0 Å². The number of halogens is 1. The van der Waals surface area contributed by atoms with E-state index in [0.717, 1.165) is 12.1 Å². The minimum absolute atomic E-state index is 0.00120. The molecule has 1 spiro atoms. The van der Waals surface area contributed by atoms with Gasteiger partial charge in [-0.3, -0.25) is 9.00 Å². The van der Waals surface area contributed by atoms with Crippen LogP contribution < -0.4 is 0 Å². The maximum absolute atomic E-state index is 13.0. The van der Waals surface area contributed by atoms with Gasteiger partial charge in [0.15, 0.2) is 0 Å². The van der Waals surface area contributed by atoms with Crippen LogP contribution in [0.4, 0.5) is 4.39 Å². The van der Waals surface area contributed by atoms with Crippen LogP contribution in [-0.4, -0.2) is 58.5 Å². The number of sulfonamides is 1. The number of benzene rings is 1. The van der Waals surface area contributed by atoms with Crippen molar-refractivity contribution in [2.75, 3.05) is 25.9 Å². The van der Waals surface area contributed by atoms with Crippen molar-refractivity contribution in [1.82, 2.24) is 9.21 Å². The molecular formula is C14H17FN2O4S2. The molecule has 0 aliphatic carbocycles. The maximum Gasteiger partial charge on any atom is 0.243 e. The number of carbonyl (C=O) groups is 1. The molecular weight excluding hydrogens is 343 g/mol. The quantitative estimate of drug-likeness (QED) is 0.771. The predicted molar refractivity (Wildman–Crippen MR) is 82.9 cm³/mol. The Morgan fingerprint density at radius 1 is 1.17 bits per heavy atom. The zero-order valence-electron chi connectivity index (χ0n) is 12.6. The fourth-order valence-electron chi connectivity index (χ4n) is 3.12. The zero-order valence-corrected chi connectivity index (χ0v) is 14.2. The van der Waals surface area contributed by atoms with Gasteiger partial charge in [-0.2, -0.15) is 4.31 Å². The van der Waals surface area contributed by atoms with Crippen LogP contribution in [0.25, 0.3) is 0 Å². The van der Waals surface area contributed by atoms with Gasteiger partial charge in [-0.1, -0.05) is 0 Å². The Morgan fingerprint density at radius 3 is 2.22 bits per heavy atom. The van der Waals surface area contributed by atoms with Crippen LogP contribution in [0.5, 0.6) is 0 Å². The number of amides is 1. The van der Waals surface area contributed by atoms with Gasteiger partial charge in [-0.25, -0.2) is 12.8 Å². The summed E-state index contributed by atoms with van der Waals surface area (Å²) in [5.41, 5.74) is 0. The molecule has 0 radical (unpaired) electrons. The predicted octanol–water partition coefficient (Wildman–Crippen LogP) is 0.527. The molecule has 2 aliphatic heterocycles. The Balaban J connectivity index is 1.80. The second-order valence-electron chi connectivity index (χ2n) is 5.75. The van der Waals surface area contributed by atoms with Gasteiger partial charge in [0.05, 0.1) is 15.7 Å². The van der Waals surface area contributed by atoms with Crippen LogP contribution in [-0.2, 0) is 25.6 Å². The summed E-state index contributed by atoms with van der Waals surface area (Å²) in [6.07, 6.45) is 0.671. The van der Waals surface area contributed by atoms with Gasteiger partial charge in [0.25, 0.3) is 0 Å². The van der Waals surface area contributed by atoms with E-state index in [1.165, 1.54) is 21.3 Å². The van der Waals surface area contributed by atoms with Crippen molar-refractivity contribution in [2.45, 2.75) is 22.6 Å². The minimum atomic E-state index is -3.71. The second kappa shape index (κ2) is 5.64. The molecule has 6 nitrogen and oxygen atoms in total. The maximum atomic E-state index is 13.0. The van der Waals surface area contributed by atoms with Gasteiger partial charge in [-0.15, -0.1) is 0 Å². The Hall–Kier alpha value is -1.32. The summed E-state index contributed by atoms with van der Waals surface area (Å²) in [6, 6.07) is 4.68. The molecule has 1 unspecified atom stereocenters. The summed E-state index contributed by atoms with van der Waals surface area (Å²) in [7, 11) is -3.40. The number of nitrogens with zero attached hydrogens (tertiary/aromatic N) is 2. The first-order valence-electron chi connectivity index (χ1n) is 7.18. The van der Waals surface area contributed by atoms with E-state index in [1.807, 2.05) is 0 Å². The lowest BCUT2D eigenvalue weighted by atomic mass is 10.0. The van der Waals surface area contributed by atoms with Gasteiger partial charge < -0.3 is 4.90 Å². The number of hydrogen-bond donors (Lipinski definition) is 0. The van der Waals surface area contributed by atoms with Gasteiger partial charge in [0.1, 0.15) is 16.4 Å². The molecule has 1 amide bonds. The highest BCUT2D eigenvalue weighted by Gasteiger charge is 2.52. The number of piperidine rings is 1. The standard InChI is InChI=1S/C14H17FN2O4S2/c1-16-13(18)10-22(19)14(16)6-8-17(9-7-14)23(20,21)12-4-2-11(15)3-5-12/h2-5H,6-10H2,1H3. The normalized spacial score (nSPS) is 25.2. The molecule has 0 N–H and O–H groups in total. The lowest BCUT2D eigenvalue weighted by Gasteiger charge is -2.41. The highest BCUT2D eigenvalue weighted by atomic mass is 32.2. The molecule has 9 heteroatoms. The lowest BCUT2D eigenvalue weighted by Crippen LogP contribution is -2.54. The lowest BCUT2D eigenvalue weighted by molar-refractivity contribution is -0.129. The third-order valence-electron chi connectivity index (χ3n) is 4.62. The van der Waals surface area contributed by atoms with E-state index < -0.39 is 31.5 Å². The summed E-state index contributed by atoms with van der Waals surface area (Å²) in [5.74, 6) is -0.664. The van der Waals surface area contributed by atoms with Crippen molar-refractivity contribution in [2.24, 2.45) is 0 Å². The van der Waals surface area contributed by atoms with Crippen molar-refractivity contribution in [3.05, 3.63) is 30.1 Å². The molecule has 1 aromatic rings. The monoisotopic (exact) mass is 360 g/mol. The summed E-state index contributed by atoms with van der Waals surface area (Å²) in [5, 5.41) is 0. The minimum Gasteiger partial charge on any atom is -0.328 e. The number of hydrogen-bond acceptors (Lipinski definition) is 4. The molecule has 2 fully saturated rings. The van der Waals surface area contributed by atoms with Gasteiger partial charge in [0.2, 0.25) is 15.9 Å². The molecule has 0 saturated carbocycles. The molecule has 126 valence electrons. The van der Waals surface area contributed by atoms with Crippen molar-refractivity contribution in [1.29, 1.82) is 0 Å². The number of rotatable bonds is 2. The zero-order chi connectivity index (χ0) is 16.8. The van der Waals surface area contributed by atoms with E-state index >= 15 is 0 Å². The fraction of sp³-hybridized carbons (Fsp3) is 0.500. The molecule has 23 heavy (non-hydrogen) atoms.